The average Bonchev–Trinajstić information content (AvgIpc) is 2.51. The molecule has 0 aliphatic rings. The summed E-state index contributed by atoms with van der Waals surface area (Å²) < 4.78 is 13.8. The summed E-state index contributed by atoms with van der Waals surface area (Å²) in [6, 6.07) is 9.86. The molecule has 0 aliphatic carbocycles. The number of anilines is 2. The number of hydrogen-bond acceptors (Lipinski definition) is 2. The van der Waals surface area contributed by atoms with E-state index in [0.29, 0.717) is 11.4 Å². The number of aryl methyl sites for hydroxylation is 1. The maximum Gasteiger partial charge on any atom is 0.312 e. The molecule has 0 heterocycles. The smallest absolute Gasteiger partial charge is 0.312 e. The Morgan fingerprint density at radius 3 is 2.48 bits per heavy atom. The number of carboxylic acids is 1. The third-order valence-corrected chi connectivity index (χ3v) is 4.44. The molecule has 1 N–H and O–H groups in total. The first kappa shape index (κ1) is 19.1. The van der Waals surface area contributed by atoms with Crippen LogP contribution in [-0.2, 0) is 9.59 Å². The summed E-state index contributed by atoms with van der Waals surface area (Å²) >= 11 is 3.12. The van der Waals surface area contributed by atoms with Crippen molar-refractivity contribution in [2.45, 2.75) is 33.1 Å². The first-order chi connectivity index (χ1) is 11.7. The zero-order chi connectivity index (χ0) is 18.7. The summed E-state index contributed by atoms with van der Waals surface area (Å²) in [5.41, 5.74) is 2.81. The predicted molar refractivity (Wildman–Crippen MR) is 98.8 cm³/mol. The van der Waals surface area contributed by atoms with Crippen molar-refractivity contribution < 1.29 is 19.1 Å². The molecule has 0 aliphatic heterocycles. The van der Waals surface area contributed by atoms with Gasteiger partial charge in [0.15, 0.2) is 0 Å². The number of carboxylic acid groups (broad SMARTS) is 1. The SMILES string of the molecule is Cc1cccc(C(C)C)c1N(C(=O)CC(=O)O)c1ccc(F)c(Br)c1. The van der Waals surface area contributed by atoms with Gasteiger partial charge >= 0.3 is 5.97 Å². The number of carbonyl (C=O) groups is 2. The van der Waals surface area contributed by atoms with Gasteiger partial charge in [0.1, 0.15) is 12.2 Å². The molecule has 132 valence electrons. The lowest BCUT2D eigenvalue weighted by Crippen LogP contribution is -2.29. The molecule has 0 spiro atoms. The van der Waals surface area contributed by atoms with Crippen LogP contribution in [0.4, 0.5) is 15.8 Å². The van der Waals surface area contributed by atoms with Crippen LogP contribution in [0.3, 0.4) is 0 Å². The van der Waals surface area contributed by atoms with Crippen molar-refractivity contribution in [1.82, 2.24) is 0 Å². The Kier molecular flexibility index (Phi) is 5.95. The molecule has 4 nitrogen and oxygen atoms in total. The minimum Gasteiger partial charge on any atom is -0.481 e. The Labute approximate surface area is 154 Å². The summed E-state index contributed by atoms with van der Waals surface area (Å²) in [7, 11) is 0. The van der Waals surface area contributed by atoms with Crippen molar-refractivity contribution in [3.8, 4) is 0 Å². The van der Waals surface area contributed by atoms with Crippen molar-refractivity contribution in [3.63, 3.8) is 0 Å². The Bertz CT molecular complexity index is 820. The zero-order valence-corrected chi connectivity index (χ0v) is 15.8. The van der Waals surface area contributed by atoms with Gasteiger partial charge in [-0.05, 0) is 58.1 Å². The molecule has 2 rings (SSSR count). The van der Waals surface area contributed by atoms with Crippen LogP contribution >= 0.6 is 15.9 Å². The second kappa shape index (κ2) is 7.78. The summed E-state index contributed by atoms with van der Waals surface area (Å²) in [5, 5.41) is 9.06. The lowest BCUT2D eigenvalue weighted by molar-refractivity contribution is -0.139. The van der Waals surface area contributed by atoms with Gasteiger partial charge in [0.05, 0.1) is 15.8 Å². The van der Waals surface area contributed by atoms with Crippen molar-refractivity contribution in [2.24, 2.45) is 0 Å². The summed E-state index contributed by atoms with van der Waals surface area (Å²) in [6.45, 7) is 5.86. The largest absolute Gasteiger partial charge is 0.481 e. The minimum absolute atomic E-state index is 0.124. The van der Waals surface area contributed by atoms with E-state index in [0.717, 1.165) is 11.1 Å². The highest BCUT2D eigenvalue weighted by Gasteiger charge is 2.25. The highest BCUT2D eigenvalue weighted by atomic mass is 79.9. The number of hydrogen-bond donors (Lipinski definition) is 1. The molecule has 0 unspecified atom stereocenters. The van der Waals surface area contributed by atoms with E-state index < -0.39 is 24.1 Å². The molecule has 0 bridgehead atoms. The van der Waals surface area contributed by atoms with Crippen molar-refractivity contribution >= 4 is 39.2 Å². The topological polar surface area (TPSA) is 57.6 Å². The van der Waals surface area contributed by atoms with E-state index in [4.69, 9.17) is 5.11 Å². The van der Waals surface area contributed by atoms with E-state index in [1.807, 2.05) is 39.0 Å². The highest BCUT2D eigenvalue weighted by Crippen LogP contribution is 2.37. The molecular weight excluding hydrogens is 389 g/mol. The van der Waals surface area contributed by atoms with Crippen LogP contribution in [0.25, 0.3) is 0 Å². The third kappa shape index (κ3) is 4.25. The number of benzene rings is 2. The predicted octanol–water partition coefficient (Wildman–Crippen LogP) is 5.16. The first-order valence-electron chi connectivity index (χ1n) is 7.81. The lowest BCUT2D eigenvalue weighted by Gasteiger charge is -2.28. The van der Waals surface area contributed by atoms with E-state index in [2.05, 4.69) is 15.9 Å². The van der Waals surface area contributed by atoms with Crippen molar-refractivity contribution in [1.29, 1.82) is 0 Å². The Hall–Kier alpha value is -2.21. The molecule has 25 heavy (non-hydrogen) atoms. The molecule has 0 saturated heterocycles. The zero-order valence-electron chi connectivity index (χ0n) is 14.2. The van der Waals surface area contributed by atoms with Gasteiger partial charge in [-0.1, -0.05) is 32.0 Å². The third-order valence-electron chi connectivity index (χ3n) is 3.83. The molecule has 0 aromatic heterocycles. The molecular formula is C19H19BrFNO3. The second-order valence-electron chi connectivity index (χ2n) is 6.07. The van der Waals surface area contributed by atoms with Gasteiger partial charge in [0, 0.05) is 0 Å². The van der Waals surface area contributed by atoms with Crippen molar-refractivity contribution in [2.75, 3.05) is 4.90 Å². The van der Waals surface area contributed by atoms with Gasteiger partial charge in [-0.2, -0.15) is 0 Å². The molecule has 6 heteroatoms. The monoisotopic (exact) mass is 407 g/mol. The summed E-state index contributed by atoms with van der Waals surface area (Å²) in [4.78, 5) is 25.2. The van der Waals surface area contributed by atoms with Crippen LogP contribution in [0.2, 0.25) is 0 Å². The maximum absolute atomic E-state index is 13.6. The van der Waals surface area contributed by atoms with Crippen LogP contribution in [0.15, 0.2) is 40.9 Å². The molecule has 0 radical (unpaired) electrons. The van der Waals surface area contributed by atoms with Crippen LogP contribution in [0, 0.1) is 12.7 Å². The van der Waals surface area contributed by atoms with E-state index in [1.165, 1.54) is 23.1 Å². The van der Waals surface area contributed by atoms with Crippen LogP contribution < -0.4 is 4.90 Å². The fourth-order valence-corrected chi connectivity index (χ4v) is 3.05. The van der Waals surface area contributed by atoms with E-state index >= 15 is 0 Å². The Morgan fingerprint density at radius 1 is 1.24 bits per heavy atom. The van der Waals surface area contributed by atoms with Gasteiger partial charge < -0.3 is 5.11 Å². The molecule has 2 aromatic carbocycles. The summed E-state index contributed by atoms with van der Waals surface area (Å²) in [5.74, 6) is -2.12. The number of amides is 1. The van der Waals surface area contributed by atoms with Gasteiger partial charge in [-0.15, -0.1) is 0 Å². The number of halogens is 2. The van der Waals surface area contributed by atoms with Gasteiger partial charge in [-0.3, -0.25) is 14.5 Å². The van der Waals surface area contributed by atoms with E-state index in [9.17, 15) is 14.0 Å². The van der Waals surface area contributed by atoms with Crippen LogP contribution in [0.1, 0.15) is 37.3 Å². The number of para-hydroxylation sites is 1. The fraction of sp³-hybridized carbons (Fsp3) is 0.263. The number of carbonyl (C=O) groups excluding carboxylic acids is 1. The fourth-order valence-electron chi connectivity index (χ4n) is 2.68. The van der Waals surface area contributed by atoms with Gasteiger partial charge in [0.2, 0.25) is 5.91 Å². The van der Waals surface area contributed by atoms with Crippen LogP contribution in [-0.4, -0.2) is 17.0 Å². The first-order valence-corrected chi connectivity index (χ1v) is 8.61. The second-order valence-corrected chi connectivity index (χ2v) is 6.92. The molecule has 0 atom stereocenters. The average molecular weight is 408 g/mol. The normalized spacial score (nSPS) is 10.8. The van der Waals surface area contributed by atoms with Gasteiger partial charge in [0.25, 0.3) is 0 Å². The molecule has 0 saturated carbocycles. The van der Waals surface area contributed by atoms with Crippen molar-refractivity contribution in [3.05, 3.63) is 57.8 Å². The molecule has 0 fully saturated rings. The Balaban J connectivity index is 2.70. The van der Waals surface area contributed by atoms with E-state index in [-0.39, 0.29) is 10.4 Å². The quantitative estimate of drug-likeness (QED) is 0.696. The molecule has 2 aromatic rings. The maximum atomic E-state index is 13.6. The minimum atomic E-state index is -1.21. The highest BCUT2D eigenvalue weighted by molar-refractivity contribution is 9.10. The van der Waals surface area contributed by atoms with Crippen LogP contribution in [0.5, 0.6) is 0 Å². The Morgan fingerprint density at radius 2 is 1.92 bits per heavy atom. The lowest BCUT2D eigenvalue weighted by atomic mass is 9.96. The summed E-state index contributed by atoms with van der Waals surface area (Å²) in [6.07, 6.45) is -0.652. The number of rotatable bonds is 5. The van der Waals surface area contributed by atoms with Gasteiger partial charge in [-0.25, -0.2) is 4.39 Å². The number of nitrogens with zero attached hydrogens (tertiary/aromatic N) is 1. The standard InChI is InChI=1S/C19H19BrFNO3/c1-11(2)14-6-4-5-12(3)19(14)22(17(23)10-18(24)25)13-7-8-16(21)15(20)9-13/h4-9,11H,10H2,1-3H3,(H,24,25). The van der Waals surface area contributed by atoms with E-state index in [1.54, 1.807) is 0 Å². The molecule has 1 amide bonds. The number of aliphatic carboxylic acids is 1.